The van der Waals surface area contributed by atoms with E-state index in [0.29, 0.717) is 24.5 Å². The van der Waals surface area contributed by atoms with E-state index in [4.69, 9.17) is 4.74 Å². The summed E-state index contributed by atoms with van der Waals surface area (Å²) in [6.07, 6.45) is 4.37. The predicted octanol–water partition coefficient (Wildman–Crippen LogP) is 0.992. The van der Waals surface area contributed by atoms with Crippen molar-refractivity contribution in [3.05, 3.63) is 0 Å². The van der Waals surface area contributed by atoms with Crippen LogP contribution >= 0.6 is 0 Å². The molecule has 0 aliphatic carbocycles. The van der Waals surface area contributed by atoms with E-state index in [-0.39, 0.29) is 5.91 Å². The Balaban J connectivity index is 1.72. The normalized spacial score (nSPS) is 26.5. The fraction of sp³-hybridized carbons (Fsp3) is 0.938. The minimum Gasteiger partial charge on any atom is -0.381 e. The van der Waals surface area contributed by atoms with Crippen molar-refractivity contribution < 1.29 is 9.53 Å². The zero-order chi connectivity index (χ0) is 15.1. The summed E-state index contributed by atoms with van der Waals surface area (Å²) in [6.45, 7) is 9.62. The smallest absolute Gasteiger partial charge is 0.234 e. The van der Waals surface area contributed by atoms with Gasteiger partial charge < -0.3 is 15.4 Å². The summed E-state index contributed by atoms with van der Waals surface area (Å²) in [6, 6.07) is 0.851. The second kappa shape index (κ2) is 8.71. The first-order valence-electron chi connectivity index (χ1n) is 8.52. The van der Waals surface area contributed by atoms with Gasteiger partial charge in [-0.3, -0.25) is 9.69 Å². The lowest BCUT2D eigenvalue weighted by Gasteiger charge is -2.36. The largest absolute Gasteiger partial charge is 0.381 e. The van der Waals surface area contributed by atoms with Gasteiger partial charge >= 0.3 is 0 Å². The highest BCUT2D eigenvalue weighted by atomic mass is 16.5. The van der Waals surface area contributed by atoms with Crippen molar-refractivity contribution in [2.45, 2.75) is 51.6 Å². The number of carbonyl (C=O) groups is 1. The number of ether oxygens (including phenoxy) is 1. The molecule has 0 aromatic heterocycles. The quantitative estimate of drug-likeness (QED) is 0.768. The van der Waals surface area contributed by atoms with Gasteiger partial charge in [0.2, 0.25) is 5.91 Å². The highest BCUT2D eigenvalue weighted by molar-refractivity contribution is 5.78. The molecular formula is C16H31N3O2. The van der Waals surface area contributed by atoms with E-state index in [1.54, 1.807) is 0 Å². The fourth-order valence-electron chi connectivity index (χ4n) is 3.45. The number of nitrogens with one attached hydrogen (secondary N) is 2. The van der Waals surface area contributed by atoms with Crippen LogP contribution in [0.2, 0.25) is 0 Å². The summed E-state index contributed by atoms with van der Waals surface area (Å²) < 4.78 is 5.33. The Morgan fingerprint density at radius 2 is 2.10 bits per heavy atom. The molecule has 2 fully saturated rings. The molecule has 0 aromatic carbocycles. The zero-order valence-electron chi connectivity index (χ0n) is 13.6. The van der Waals surface area contributed by atoms with E-state index in [9.17, 15) is 4.79 Å². The van der Waals surface area contributed by atoms with Crippen molar-refractivity contribution in [3.8, 4) is 0 Å². The third-order valence-corrected chi connectivity index (χ3v) is 4.73. The van der Waals surface area contributed by atoms with Crippen molar-refractivity contribution in [1.29, 1.82) is 0 Å². The van der Waals surface area contributed by atoms with Crippen molar-refractivity contribution in [2.24, 2.45) is 5.92 Å². The molecule has 2 heterocycles. The number of piperidine rings is 1. The molecule has 122 valence electrons. The van der Waals surface area contributed by atoms with E-state index < -0.39 is 0 Å². The topological polar surface area (TPSA) is 53.6 Å². The van der Waals surface area contributed by atoms with Gasteiger partial charge in [0, 0.05) is 31.8 Å². The number of amides is 1. The van der Waals surface area contributed by atoms with E-state index in [1.807, 2.05) is 0 Å². The molecule has 0 bridgehead atoms. The molecule has 2 aliphatic heterocycles. The van der Waals surface area contributed by atoms with Crippen molar-refractivity contribution >= 4 is 5.91 Å². The number of hydrogen-bond donors (Lipinski definition) is 2. The number of likely N-dealkylation sites (tertiary alicyclic amines) is 1. The number of hydrogen-bond acceptors (Lipinski definition) is 4. The Bertz CT molecular complexity index is 319. The maximum atomic E-state index is 12.2. The molecule has 2 aliphatic rings. The molecule has 2 rings (SSSR count). The lowest BCUT2D eigenvalue weighted by atomic mass is 9.91. The summed E-state index contributed by atoms with van der Waals surface area (Å²) in [4.78, 5) is 14.5. The van der Waals surface area contributed by atoms with Crippen LogP contribution in [0.25, 0.3) is 0 Å². The van der Waals surface area contributed by atoms with Crippen molar-refractivity contribution in [1.82, 2.24) is 15.5 Å². The standard InChI is InChI=1S/C16H31N3O2/c1-3-17-13(2)14-5-4-8-19(11-14)12-16(20)18-15-6-9-21-10-7-15/h13-15,17H,3-12H2,1-2H3,(H,18,20). The van der Waals surface area contributed by atoms with E-state index >= 15 is 0 Å². The fourth-order valence-corrected chi connectivity index (χ4v) is 3.45. The van der Waals surface area contributed by atoms with E-state index in [0.717, 1.165) is 45.7 Å². The van der Waals surface area contributed by atoms with Crippen molar-refractivity contribution in [3.63, 3.8) is 0 Å². The van der Waals surface area contributed by atoms with Gasteiger partial charge in [-0.05, 0) is 51.6 Å². The Labute approximate surface area is 128 Å². The van der Waals surface area contributed by atoms with Crippen LogP contribution in [0.5, 0.6) is 0 Å². The van der Waals surface area contributed by atoms with Gasteiger partial charge in [-0.15, -0.1) is 0 Å². The zero-order valence-corrected chi connectivity index (χ0v) is 13.6. The molecule has 2 atom stereocenters. The van der Waals surface area contributed by atoms with Gasteiger partial charge in [0.05, 0.1) is 6.54 Å². The Morgan fingerprint density at radius 3 is 2.81 bits per heavy atom. The number of rotatable bonds is 6. The number of nitrogens with zero attached hydrogens (tertiary/aromatic N) is 1. The average Bonchev–Trinajstić information content (AvgIpc) is 2.48. The maximum Gasteiger partial charge on any atom is 0.234 e. The van der Waals surface area contributed by atoms with Gasteiger partial charge in [0.25, 0.3) is 0 Å². The van der Waals surface area contributed by atoms with Crippen LogP contribution in [0.4, 0.5) is 0 Å². The Morgan fingerprint density at radius 1 is 1.33 bits per heavy atom. The monoisotopic (exact) mass is 297 g/mol. The van der Waals surface area contributed by atoms with Crippen LogP contribution in [0.3, 0.4) is 0 Å². The Hall–Kier alpha value is -0.650. The highest BCUT2D eigenvalue weighted by Crippen LogP contribution is 2.19. The lowest BCUT2D eigenvalue weighted by Crippen LogP contribution is -2.49. The first-order chi connectivity index (χ1) is 10.2. The van der Waals surface area contributed by atoms with Gasteiger partial charge in [-0.2, -0.15) is 0 Å². The average molecular weight is 297 g/mol. The second-order valence-electron chi connectivity index (χ2n) is 6.44. The van der Waals surface area contributed by atoms with Crippen LogP contribution in [0, 0.1) is 5.92 Å². The second-order valence-corrected chi connectivity index (χ2v) is 6.44. The SMILES string of the molecule is CCNC(C)C1CCCN(CC(=O)NC2CCOCC2)C1. The highest BCUT2D eigenvalue weighted by Gasteiger charge is 2.26. The first kappa shape index (κ1) is 16.7. The van der Waals surface area contributed by atoms with E-state index in [2.05, 4.69) is 29.4 Å². The first-order valence-corrected chi connectivity index (χ1v) is 8.52. The Kier molecular flexibility index (Phi) is 6.93. The predicted molar refractivity (Wildman–Crippen MR) is 84.3 cm³/mol. The van der Waals surface area contributed by atoms with Crippen molar-refractivity contribution in [2.75, 3.05) is 39.4 Å². The summed E-state index contributed by atoms with van der Waals surface area (Å²) in [7, 11) is 0. The van der Waals surface area contributed by atoms with Gasteiger partial charge in [-0.1, -0.05) is 6.92 Å². The van der Waals surface area contributed by atoms with Gasteiger partial charge in [-0.25, -0.2) is 0 Å². The molecule has 5 nitrogen and oxygen atoms in total. The molecule has 2 saturated heterocycles. The molecular weight excluding hydrogens is 266 g/mol. The third kappa shape index (κ3) is 5.57. The molecule has 2 unspecified atom stereocenters. The molecule has 0 aromatic rings. The molecule has 2 N–H and O–H groups in total. The van der Waals surface area contributed by atoms with Crippen LogP contribution in [0.1, 0.15) is 39.5 Å². The third-order valence-electron chi connectivity index (χ3n) is 4.73. The van der Waals surface area contributed by atoms with Crippen LogP contribution < -0.4 is 10.6 Å². The molecule has 0 saturated carbocycles. The summed E-state index contributed by atoms with van der Waals surface area (Å²) in [5.74, 6) is 0.841. The summed E-state index contributed by atoms with van der Waals surface area (Å²) >= 11 is 0. The van der Waals surface area contributed by atoms with Gasteiger partial charge in [0.15, 0.2) is 0 Å². The van der Waals surface area contributed by atoms with Crippen LogP contribution in [0.15, 0.2) is 0 Å². The summed E-state index contributed by atoms with van der Waals surface area (Å²) in [5, 5.41) is 6.67. The molecule has 1 amide bonds. The summed E-state index contributed by atoms with van der Waals surface area (Å²) in [5.41, 5.74) is 0. The van der Waals surface area contributed by atoms with Crippen LogP contribution in [-0.2, 0) is 9.53 Å². The molecule has 0 radical (unpaired) electrons. The van der Waals surface area contributed by atoms with E-state index in [1.165, 1.54) is 12.8 Å². The van der Waals surface area contributed by atoms with Gasteiger partial charge in [0.1, 0.15) is 0 Å². The minimum atomic E-state index is 0.179. The van der Waals surface area contributed by atoms with Crippen LogP contribution in [-0.4, -0.2) is 62.3 Å². The molecule has 21 heavy (non-hydrogen) atoms. The molecule has 0 spiro atoms. The number of carbonyl (C=O) groups excluding carboxylic acids is 1. The minimum absolute atomic E-state index is 0.179. The molecule has 5 heteroatoms. The maximum absolute atomic E-state index is 12.2. The lowest BCUT2D eigenvalue weighted by molar-refractivity contribution is -0.124.